The van der Waals surface area contributed by atoms with Gasteiger partial charge in [-0.2, -0.15) is 5.10 Å². The molecule has 144 valence electrons. The van der Waals surface area contributed by atoms with Gasteiger partial charge in [-0.1, -0.05) is 12.2 Å². The van der Waals surface area contributed by atoms with Crippen molar-refractivity contribution in [2.24, 2.45) is 18.9 Å². The van der Waals surface area contributed by atoms with E-state index in [1.165, 1.54) is 0 Å². The lowest BCUT2D eigenvalue weighted by Crippen LogP contribution is -2.37. The Morgan fingerprint density at radius 3 is 2.30 bits per heavy atom. The van der Waals surface area contributed by atoms with E-state index in [0.717, 1.165) is 10.6 Å². The van der Waals surface area contributed by atoms with Crippen LogP contribution in [-0.4, -0.2) is 51.5 Å². The maximum Gasteiger partial charge on any atom is 0.326 e. The first kappa shape index (κ1) is 18.8. The largest absolute Gasteiger partial charge is 0.454 e. The van der Waals surface area contributed by atoms with Crippen LogP contribution < -0.4 is 5.32 Å². The molecule has 9 heteroatoms. The van der Waals surface area contributed by atoms with Gasteiger partial charge < -0.3 is 10.1 Å². The number of nitrogens with one attached hydrogen (secondary N) is 1. The Balaban J connectivity index is 1.52. The Bertz CT molecular complexity index is 815. The number of nitrogens with zero attached hydrogens (tertiary/aromatic N) is 3. The molecule has 2 atom stereocenters. The summed E-state index contributed by atoms with van der Waals surface area (Å²) in [5.74, 6) is -2.79. The molecular formula is C18H22N4O5. The lowest BCUT2D eigenvalue weighted by molar-refractivity contribution is -0.154. The van der Waals surface area contributed by atoms with Crippen molar-refractivity contribution >= 4 is 29.4 Å². The van der Waals surface area contributed by atoms with E-state index in [1.807, 2.05) is 12.2 Å². The van der Waals surface area contributed by atoms with Crippen LogP contribution in [0.3, 0.4) is 0 Å². The average molecular weight is 374 g/mol. The van der Waals surface area contributed by atoms with Crippen LogP contribution in [0.5, 0.6) is 0 Å². The number of ether oxygens (including phenoxy) is 1. The topological polar surface area (TPSA) is 111 Å². The monoisotopic (exact) mass is 374 g/mol. The maximum absolute atomic E-state index is 12.3. The minimum absolute atomic E-state index is 0.350. The zero-order valence-electron chi connectivity index (χ0n) is 15.5. The molecular weight excluding hydrogens is 352 g/mol. The van der Waals surface area contributed by atoms with Gasteiger partial charge in [0.05, 0.1) is 28.9 Å². The van der Waals surface area contributed by atoms with Crippen LogP contribution >= 0.6 is 0 Å². The molecule has 2 aliphatic rings. The highest BCUT2D eigenvalue weighted by atomic mass is 16.5. The van der Waals surface area contributed by atoms with Gasteiger partial charge in [0.1, 0.15) is 6.54 Å². The highest BCUT2D eigenvalue weighted by molar-refractivity contribution is 6.07. The molecule has 1 aliphatic heterocycles. The van der Waals surface area contributed by atoms with E-state index >= 15 is 0 Å². The van der Waals surface area contributed by atoms with Crippen LogP contribution in [-0.2, 0) is 31.0 Å². The number of fused-ring (bicyclic) bond motifs is 1. The van der Waals surface area contributed by atoms with Crippen LogP contribution in [0.1, 0.15) is 24.2 Å². The first-order valence-electron chi connectivity index (χ1n) is 8.75. The molecule has 1 aromatic heterocycles. The van der Waals surface area contributed by atoms with Crippen molar-refractivity contribution in [3.05, 3.63) is 23.5 Å². The summed E-state index contributed by atoms with van der Waals surface area (Å²) in [5, 5.41) is 6.84. The van der Waals surface area contributed by atoms with E-state index in [4.69, 9.17) is 4.74 Å². The van der Waals surface area contributed by atoms with E-state index in [-0.39, 0.29) is 11.8 Å². The van der Waals surface area contributed by atoms with Crippen molar-refractivity contribution < 1.29 is 23.9 Å². The minimum atomic E-state index is -0.793. The third-order valence-electron chi connectivity index (χ3n) is 5.02. The molecule has 1 saturated heterocycles. The molecule has 1 fully saturated rings. The molecule has 2 heterocycles. The number of rotatable bonds is 5. The molecule has 9 nitrogen and oxygen atoms in total. The van der Waals surface area contributed by atoms with Crippen molar-refractivity contribution in [2.45, 2.75) is 26.7 Å². The minimum Gasteiger partial charge on any atom is -0.454 e. The van der Waals surface area contributed by atoms with Gasteiger partial charge in [-0.3, -0.25) is 28.8 Å². The number of amides is 3. The molecule has 0 radical (unpaired) electrons. The number of imide groups is 1. The van der Waals surface area contributed by atoms with Gasteiger partial charge in [0, 0.05) is 7.05 Å². The molecule has 1 aromatic rings. The molecule has 0 unspecified atom stereocenters. The number of likely N-dealkylation sites (tertiary alicyclic amines) is 1. The number of carbonyl (C=O) groups excluding carboxylic acids is 4. The second-order valence-corrected chi connectivity index (χ2v) is 6.80. The Kier molecular flexibility index (Phi) is 5.11. The lowest BCUT2D eigenvalue weighted by Gasteiger charge is -2.14. The summed E-state index contributed by atoms with van der Waals surface area (Å²) in [6, 6.07) is 0. The van der Waals surface area contributed by atoms with E-state index in [1.54, 1.807) is 25.6 Å². The van der Waals surface area contributed by atoms with E-state index in [0.29, 0.717) is 24.2 Å². The fraction of sp³-hybridized carbons (Fsp3) is 0.500. The Hall–Kier alpha value is -2.97. The van der Waals surface area contributed by atoms with Crippen molar-refractivity contribution in [2.75, 3.05) is 18.5 Å². The number of hydrogen-bond acceptors (Lipinski definition) is 6. The van der Waals surface area contributed by atoms with Gasteiger partial charge in [0.25, 0.3) is 5.91 Å². The molecule has 0 aromatic carbocycles. The fourth-order valence-corrected chi connectivity index (χ4v) is 3.48. The van der Waals surface area contributed by atoms with Gasteiger partial charge in [-0.25, -0.2) is 0 Å². The second-order valence-electron chi connectivity index (χ2n) is 6.80. The SMILES string of the molecule is Cc1nn(C)c(C)c1NC(=O)COC(=O)CN1C(=O)[C@@H]2CC=CC[C@H]2C1=O. The number of anilines is 1. The molecule has 0 saturated carbocycles. The third kappa shape index (κ3) is 3.62. The number of aromatic nitrogens is 2. The second kappa shape index (κ2) is 7.34. The summed E-state index contributed by atoms with van der Waals surface area (Å²) in [6.07, 6.45) is 4.77. The highest BCUT2D eigenvalue weighted by Gasteiger charge is 2.47. The van der Waals surface area contributed by atoms with Gasteiger partial charge in [0.15, 0.2) is 6.61 Å². The summed E-state index contributed by atoms with van der Waals surface area (Å²) < 4.78 is 6.57. The van der Waals surface area contributed by atoms with Crippen LogP contribution in [0.2, 0.25) is 0 Å². The molecule has 3 rings (SSSR count). The zero-order chi connectivity index (χ0) is 19.7. The molecule has 0 bridgehead atoms. The van der Waals surface area contributed by atoms with Crippen LogP contribution in [0.25, 0.3) is 0 Å². The summed E-state index contributed by atoms with van der Waals surface area (Å²) >= 11 is 0. The van der Waals surface area contributed by atoms with Crippen molar-refractivity contribution in [1.82, 2.24) is 14.7 Å². The van der Waals surface area contributed by atoms with Crippen molar-refractivity contribution in [3.8, 4) is 0 Å². The zero-order valence-corrected chi connectivity index (χ0v) is 15.5. The maximum atomic E-state index is 12.3. The molecule has 0 spiro atoms. The smallest absolute Gasteiger partial charge is 0.326 e. The van der Waals surface area contributed by atoms with Gasteiger partial charge in [-0.15, -0.1) is 0 Å². The van der Waals surface area contributed by atoms with Crippen LogP contribution in [0.4, 0.5) is 5.69 Å². The molecule has 27 heavy (non-hydrogen) atoms. The van der Waals surface area contributed by atoms with Gasteiger partial charge >= 0.3 is 5.97 Å². The number of hydrogen-bond donors (Lipinski definition) is 1. The van der Waals surface area contributed by atoms with Crippen molar-refractivity contribution in [3.63, 3.8) is 0 Å². The lowest BCUT2D eigenvalue weighted by atomic mass is 9.85. The van der Waals surface area contributed by atoms with E-state index in [9.17, 15) is 19.2 Å². The number of allylic oxidation sites excluding steroid dienone is 2. The van der Waals surface area contributed by atoms with E-state index < -0.39 is 36.9 Å². The van der Waals surface area contributed by atoms with Crippen LogP contribution in [0.15, 0.2) is 12.2 Å². The Morgan fingerprint density at radius 2 is 1.78 bits per heavy atom. The van der Waals surface area contributed by atoms with Gasteiger partial charge in [-0.05, 0) is 26.7 Å². The first-order valence-corrected chi connectivity index (χ1v) is 8.75. The molecule has 1 aliphatic carbocycles. The average Bonchev–Trinajstić information content (AvgIpc) is 3.02. The van der Waals surface area contributed by atoms with E-state index in [2.05, 4.69) is 10.4 Å². The molecule has 1 N–H and O–H groups in total. The number of esters is 1. The standard InChI is InChI=1S/C18H22N4O5/c1-10-16(11(2)21(3)20-10)19-14(23)9-27-15(24)8-22-17(25)12-6-4-5-7-13(12)18(22)26/h4-5,12-13H,6-9H2,1-3H3,(H,19,23)/t12-,13-/m1/s1. The summed E-state index contributed by atoms with van der Waals surface area (Å²) in [7, 11) is 1.76. The fourth-order valence-electron chi connectivity index (χ4n) is 3.48. The van der Waals surface area contributed by atoms with Crippen LogP contribution in [0, 0.1) is 25.7 Å². The quantitative estimate of drug-likeness (QED) is 0.456. The number of carbonyl (C=O) groups is 4. The normalized spacial score (nSPS) is 21.4. The molecule has 3 amide bonds. The Morgan fingerprint density at radius 1 is 1.19 bits per heavy atom. The predicted octanol–water partition coefficient (Wildman–Crippen LogP) is 0.470. The summed E-state index contributed by atoms with van der Waals surface area (Å²) in [4.78, 5) is 49.6. The van der Waals surface area contributed by atoms with Crippen molar-refractivity contribution in [1.29, 1.82) is 0 Å². The Labute approximate surface area is 156 Å². The number of aryl methyl sites for hydroxylation is 2. The highest BCUT2D eigenvalue weighted by Crippen LogP contribution is 2.34. The summed E-state index contributed by atoms with van der Waals surface area (Å²) in [5.41, 5.74) is 2.00. The van der Waals surface area contributed by atoms with Gasteiger partial charge in [0.2, 0.25) is 11.8 Å². The predicted molar refractivity (Wildman–Crippen MR) is 94.3 cm³/mol. The third-order valence-corrected chi connectivity index (χ3v) is 5.02. The first-order chi connectivity index (χ1) is 12.8. The summed E-state index contributed by atoms with van der Waals surface area (Å²) in [6.45, 7) is 2.59.